The molecule has 2 aromatic rings. The third-order valence-corrected chi connectivity index (χ3v) is 3.61. The molecule has 1 saturated heterocycles. The van der Waals surface area contributed by atoms with E-state index >= 15 is 0 Å². The number of aromatic amines is 1. The summed E-state index contributed by atoms with van der Waals surface area (Å²) in [5.74, 6) is 0.961. The summed E-state index contributed by atoms with van der Waals surface area (Å²) in [7, 11) is 0. The fourth-order valence-electron chi connectivity index (χ4n) is 2.54. The summed E-state index contributed by atoms with van der Waals surface area (Å²) < 4.78 is 10.3. The zero-order chi connectivity index (χ0) is 16.2. The van der Waals surface area contributed by atoms with E-state index < -0.39 is 0 Å². The van der Waals surface area contributed by atoms with Gasteiger partial charge in [0.2, 0.25) is 5.95 Å². The first-order chi connectivity index (χ1) is 11.2. The van der Waals surface area contributed by atoms with Crippen LogP contribution in [-0.2, 0) is 14.3 Å². The summed E-state index contributed by atoms with van der Waals surface area (Å²) in [6.07, 6.45) is 0. The van der Waals surface area contributed by atoms with E-state index in [2.05, 4.69) is 25.2 Å². The maximum atomic E-state index is 11.6. The molecule has 1 aliphatic heterocycles. The molecule has 0 aromatic carbocycles. The number of nitrogens with one attached hydrogen (secondary N) is 2. The van der Waals surface area contributed by atoms with Gasteiger partial charge in [-0.05, 0) is 19.9 Å². The molecule has 0 saturated carbocycles. The van der Waals surface area contributed by atoms with Gasteiger partial charge in [0, 0.05) is 18.8 Å². The molecule has 0 amide bonds. The monoisotopic (exact) mass is 319 g/mol. The number of hydrogen-bond acceptors (Lipinski definition) is 7. The first-order valence-corrected chi connectivity index (χ1v) is 7.77. The van der Waals surface area contributed by atoms with Crippen molar-refractivity contribution in [2.24, 2.45) is 0 Å². The van der Waals surface area contributed by atoms with E-state index in [9.17, 15) is 4.79 Å². The van der Waals surface area contributed by atoms with Gasteiger partial charge in [-0.3, -0.25) is 4.79 Å². The molecule has 2 aromatic heterocycles. The van der Waals surface area contributed by atoms with Crippen molar-refractivity contribution in [3.8, 4) is 0 Å². The number of aromatic nitrogens is 3. The fourth-order valence-corrected chi connectivity index (χ4v) is 2.54. The number of esters is 1. The second-order valence-corrected chi connectivity index (χ2v) is 5.34. The van der Waals surface area contributed by atoms with Crippen LogP contribution in [0.2, 0.25) is 0 Å². The molecule has 1 aliphatic rings. The molecule has 23 heavy (non-hydrogen) atoms. The highest BCUT2D eigenvalue weighted by Crippen LogP contribution is 2.24. The van der Waals surface area contributed by atoms with Crippen molar-refractivity contribution in [3.05, 3.63) is 11.8 Å². The van der Waals surface area contributed by atoms with Crippen LogP contribution in [0.5, 0.6) is 0 Å². The predicted molar refractivity (Wildman–Crippen MR) is 86.8 cm³/mol. The van der Waals surface area contributed by atoms with Gasteiger partial charge in [-0.2, -0.15) is 9.97 Å². The molecular weight excluding hydrogens is 298 g/mol. The van der Waals surface area contributed by atoms with Crippen molar-refractivity contribution in [2.75, 3.05) is 49.7 Å². The van der Waals surface area contributed by atoms with E-state index in [0.717, 1.165) is 29.8 Å². The van der Waals surface area contributed by atoms with Gasteiger partial charge in [0.15, 0.2) is 0 Å². The maximum Gasteiger partial charge on any atom is 0.325 e. The standard InChI is InChI=1S/C15H21N5O3/c1-3-23-12(21)9-16-13-11-8-10(2)17-14(11)19-15(18-13)20-4-6-22-7-5-20/h8H,3-7,9H2,1-2H3,(H2,16,17,18,19). The van der Waals surface area contributed by atoms with Crippen LogP contribution in [0.15, 0.2) is 6.07 Å². The number of nitrogens with zero attached hydrogens (tertiary/aromatic N) is 3. The Hall–Kier alpha value is -2.35. The van der Waals surface area contributed by atoms with E-state index in [1.807, 2.05) is 13.0 Å². The van der Waals surface area contributed by atoms with Gasteiger partial charge in [-0.1, -0.05) is 0 Å². The molecule has 0 spiro atoms. The Morgan fingerprint density at radius 1 is 1.43 bits per heavy atom. The van der Waals surface area contributed by atoms with E-state index in [1.54, 1.807) is 6.92 Å². The number of ether oxygens (including phenoxy) is 2. The van der Waals surface area contributed by atoms with Crippen molar-refractivity contribution in [2.45, 2.75) is 13.8 Å². The molecule has 0 unspecified atom stereocenters. The van der Waals surface area contributed by atoms with Gasteiger partial charge < -0.3 is 24.7 Å². The molecule has 2 N–H and O–H groups in total. The largest absolute Gasteiger partial charge is 0.465 e. The third kappa shape index (κ3) is 3.53. The van der Waals surface area contributed by atoms with Crippen molar-refractivity contribution >= 4 is 28.8 Å². The van der Waals surface area contributed by atoms with E-state index in [0.29, 0.717) is 31.6 Å². The number of morpholine rings is 1. The van der Waals surface area contributed by atoms with Crippen molar-refractivity contribution in [1.29, 1.82) is 0 Å². The number of hydrogen-bond donors (Lipinski definition) is 2. The van der Waals surface area contributed by atoms with Crippen LogP contribution < -0.4 is 10.2 Å². The molecule has 1 fully saturated rings. The fraction of sp³-hybridized carbons (Fsp3) is 0.533. The maximum absolute atomic E-state index is 11.6. The normalized spacial score (nSPS) is 15.0. The summed E-state index contributed by atoms with van der Waals surface area (Å²) in [5, 5.41) is 3.93. The third-order valence-electron chi connectivity index (χ3n) is 3.61. The van der Waals surface area contributed by atoms with Gasteiger partial charge >= 0.3 is 5.97 Å². The van der Waals surface area contributed by atoms with Crippen LogP contribution in [0.1, 0.15) is 12.6 Å². The van der Waals surface area contributed by atoms with Crippen molar-refractivity contribution in [1.82, 2.24) is 15.0 Å². The predicted octanol–water partition coefficient (Wildman–Crippen LogP) is 1.08. The van der Waals surface area contributed by atoms with Crippen molar-refractivity contribution < 1.29 is 14.3 Å². The van der Waals surface area contributed by atoms with Crippen LogP contribution in [0, 0.1) is 6.92 Å². The number of aryl methyl sites for hydroxylation is 1. The number of anilines is 2. The van der Waals surface area contributed by atoms with Crippen LogP contribution in [0.4, 0.5) is 11.8 Å². The first-order valence-electron chi connectivity index (χ1n) is 7.77. The average molecular weight is 319 g/mol. The lowest BCUT2D eigenvalue weighted by Crippen LogP contribution is -2.37. The molecule has 0 radical (unpaired) electrons. The van der Waals surface area contributed by atoms with Gasteiger partial charge in [0.05, 0.1) is 25.2 Å². The molecule has 8 nitrogen and oxygen atoms in total. The molecule has 0 bridgehead atoms. The lowest BCUT2D eigenvalue weighted by molar-refractivity contribution is -0.140. The summed E-state index contributed by atoms with van der Waals surface area (Å²) in [6, 6.07) is 1.96. The molecule has 0 atom stereocenters. The Balaban J connectivity index is 1.88. The van der Waals surface area contributed by atoms with E-state index in [-0.39, 0.29) is 12.5 Å². The lowest BCUT2D eigenvalue weighted by atomic mass is 10.3. The minimum Gasteiger partial charge on any atom is -0.465 e. The minimum absolute atomic E-state index is 0.0761. The Kier molecular flexibility index (Phi) is 4.61. The highest BCUT2D eigenvalue weighted by molar-refractivity contribution is 5.90. The smallest absolute Gasteiger partial charge is 0.325 e. The molecule has 3 rings (SSSR count). The molecule has 8 heteroatoms. The van der Waals surface area contributed by atoms with Crippen LogP contribution in [0.3, 0.4) is 0 Å². The Bertz CT molecular complexity index is 694. The topological polar surface area (TPSA) is 92.4 Å². The van der Waals surface area contributed by atoms with Crippen LogP contribution in [0.25, 0.3) is 11.0 Å². The summed E-state index contributed by atoms with van der Waals surface area (Å²) >= 11 is 0. The zero-order valence-electron chi connectivity index (χ0n) is 13.4. The van der Waals surface area contributed by atoms with Gasteiger partial charge in [-0.25, -0.2) is 0 Å². The second kappa shape index (κ2) is 6.82. The quantitative estimate of drug-likeness (QED) is 0.797. The summed E-state index contributed by atoms with van der Waals surface area (Å²) in [6.45, 7) is 7.02. The zero-order valence-corrected chi connectivity index (χ0v) is 13.4. The second-order valence-electron chi connectivity index (χ2n) is 5.34. The first kappa shape index (κ1) is 15.5. The Labute approximate surface area is 134 Å². The molecule has 124 valence electrons. The van der Waals surface area contributed by atoms with Gasteiger partial charge in [-0.15, -0.1) is 0 Å². The van der Waals surface area contributed by atoms with Crippen molar-refractivity contribution in [3.63, 3.8) is 0 Å². The molecule has 0 aliphatic carbocycles. The van der Waals surface area contributed by atoms with Crippen LogP contribution >= 0.6 is 0 Å². The highest BCUT2D eigenvalue weighted by atomic mass is 16.5. The highest BCUT2D eigenvalue weighted by Gasteiger charge is 2.18. The Morgan fingerprint density at radius 3 is 2.96 bits per heavy atom. The number of carbonyl (C=O) groups is 1. The van der Waals surface area contributed by atoms with Crippen LogP contribution in [-0.4, -0.2) is 60.4 Å². The number of fused-ring (bicyclic) bond motifs is 1. The minimum atomic E-state index is -0.306. The molecule has 3 heterocycles. The lowest BCUT2D eigenvalue weighted by Gasteiger charge is -2.27. The molecular formula is C15H21N5O3. The van der Waals surface area contributed by atoms with Gasteiger partial charge in [0.25, 0.3) is 0 Å². The van der Waals surface area contributed by atoms with Gasteiger partial charge in [0.1, 0.15) is 18.0 Å². The number of carbonyl (C=O) groups excluding carboxylic acids is 1. The Morgan fingerprint density at radius 2 is 2.22 bits per heavy atom. The summed E-state index contributed by atoms with van der Waals surface area (Å²) in [5.41, 5.74) is 1.75. The summed E-state index contributed by atoms with van der Waals surface area (Å²) in [4.78, 5) is 26.1. The van der Waals surface area contributed by atoms with E-state index in [1.165, 1.54) is 0 Å². The number of H-pyrrole nitrogens is 1. The van der Waals surface area contributed by atoms with E-state index in [4.69, 9.17) is 9.47 Å². The average Bonchev–Trinajstić information content (AvgIpc) is 2.94. The SMILES string of the molecule is CCOC(=O)CNc1nc(N2CCOCC2)nc2[nH]c(C)cc12. The number of rotatable bonds is 5.